The molecule has 0 fully saturated rings. The zero-order chi connectivity index (χ0) is 15.0. The van der Waals surface area contributed by atoms with Gasteiger partial charge in [0.25, 0.3) is 0 Å². The molecule has 4 nitrogen and oxygen atoms in total. The monoisotopic (exact) mass is 310 g/mol. The molecule has 0 amide bonds. The Bertz CT molecular complexity index is 453. The molecule has 1 rings (SSSR count). The molecule has 0 aliphatic rings. The normalized spacial score (nSPS) is 12.1. The number of halogens is 4. The van der Waals surface area contributed by atoms with Gasteiger partial charge in [-0.15, -0.1) is 0 Å². The van der Waals surface area contributed by atoms with Crippen LogP contribution in [0.25, 0.3) is 6.08 Å². The van der Waals surface area contributed by atoms with Crippen molar-refractivity contribution >= 4 is 17.7 Å². The van der Waals surface area contributed by atoms with Gasteiger partial charge in [-0.3, -0.25) is 0 Å². The molecule has 1 aromatic heterocycles. The lowest BCUT2D eigenvalue weighted by atomic mass is 10.2. The molecule has 0 radical (unpaired) electrons. The van der Waals surface area contributed by atoms with Gasteiger partial charge in [-0.05, 0) is 30.7 Å². The molecule has 0 aliphatic heterocycles. The van der Waals surface area contributed by atoms with Gasteiger partial charge in [-0.2, -0.15) is 13.2 Å². The Balaban J connectivity index is 2.53. The quantitative estimate of drug-likeness (QED) is 0.440. The third kappa shape index (κ3) is 7.30. The molecule has 0 bridgehead atoms. The SMILES string of the molecule is CCOC=Cc1cc(CCOCC(F)(F)F)nc(Cl)n1. The van der Waals surface area contributed by atoms with Gasteiger partial charge in [0.15, 0.2) is 0 Å². The molecule has 0 atom stereocenters. The Kier molecular flexibility index (Phi) is 6.74. The van der Waals surface area contributed by atoms with Gasteiger partial charge in [-0.1, -0.05) is 0 Å². The van der Waals surface area contributed by atoms with Crippen molar-refractivity contribution < 1.29 is 22.6 Å². The van der Waals surface area contributed by atoms with Crippen LogP contribution in [0.1, 0.15) is 18.3 Å². The van der Waals surface area contributed by atoms with Crippen molar-refractivity contribution in [3.05, 3.63) is 29.0 Å². The van der Waals surface area contributed by atoms with E-state index in [1.807, 2.05) is 6.92 Å². The maximum atomic E-state index is 11.9. The second-order valence-corrected chi connectivity index (χ2v) is 4.07. The van der Waals surface area contributed by atoms with Crippen molar-refractivity contribution in [1.29, 1.82) is 0 Å². The molecule has 8 heteroatoms. The van der Waals surface area contributed by atoms with Crippen LogP contribution in [0.5, 0.6) is 0 Å². The fourth-order valence-electron chi connectivity index (χ4n) is 1.28. The summed E-state index contributed by atoms with van der Waals surface area (Å²) in [6, 6.07) is 1.61. The van der Waals surface area contributed by atoms with Gasteiger partial charge in [0.1, 0.15) is 6.61 Å². The van der Waals surface area contributed by atoms with Crippen LogP contribution < -0.4 is 0 Å². The summed E-state index contributed by atoms with van der Waals surface area (Å²) in [4.78, 5) is 7.85. The van der Waals surface area contributed by atoms with Gasteiger partial charge in [0.05, 0.1) is 25.2 Å². The summed E-state index contributed by atoms with van der Waals surface area (Å²) in [5.74, 6) is 0. The lowest BCUT2D eigenvalue weighted by Crippen LogP contribution is -2.18. The van der Waals surface area contributed by atoms with Crippen LogP contribution in [-0.4, -0.2) is 36.0 Å². The third-order valence-electron chi connectivity index (χ3n) is 2.04. The molecule has 0 aromatic carbocycles. The summed E-state index contributed by atoms with van der Waals surface area (Å²) in [6.45, 7) is 0.985. The summed E-state index contributed by atoms with van der Waals surface area (Å²) < 4.78 is 45.2. The summed E-state index contributed by atoms with van der Waals surface area (Å²) in [5, 5.41) is 0.0227. The van der Waals surface area contributed by atoms with Crippen molar-refractivity contribution in [2.45, 2.75) is 19.5 Å². The van der Waals surface area contributed by atoms with Gasteiger partial charge >= 0.3 is 6.18 Å². The molecule has 0 aliphatic carbocycles. The van der Waals surface area contributed by atoms with Crippen molar-refractivity contribution in [1.82, 2.24) is 9.97 Å². The van der Waals surface area contributed by atoms with Crippen molar-refractivity contribution in [2.75, 3.05) is 19.8 Å². The number of ether oxygens (including phenoxy) is 2. The summed E-state index contributed by atoms with van der Waals surface area (Å²) in [5.41, 5.74) is 1.02. The van der Waals surface area contributed by atoms with Crippen LogP contribution in [0.4, 0.5) is 13.2 Å². The number of hydrogen-bond donors (Lipinski definition) is 0. The first-order valence-corrected chi connectivity index (χ1v) is 6.24. The zero-order valence-electron chi connectivity index (χ0n) is 10.8. The van der Waals surface area contributed by atoms with E-state index in [9.17, 15) is 13.2 Å². The fourth-order valence-corrected chi connectivity index (χ4v) is 1.48. The number of aromatic nitrogens is 2. The lowest BCUT2D eigenvalue weighted by molar-refractivity contribution is -0.173. The van der Waals surface area contributed by atoms with E-state index in [1.165, 1.54) is 6.26 Å². The van der Waals surface area contributed by atoms with E-state index in [0.29, 0.717) is 18.0 Å². The smallest absolute Gasteiger partial charge is 0.411 e. The maximum absolute atomic E-state index is 11.9. The molecule has 20 heavy (non-hydrogen) atoms. The highest BCUT2D eigenvalue weighted by Gasteiger charge is 2.27. The van der Waals surface area contributed by atoms with Crippen molar-refractivity contribution in [2.24, 2.45) is 0 Å². The standard InChI is InChI=1S/C12H14ClF3N2O2/c1-2-19-5-3-9-7-10(18-11(13)17-9)4-6-20-8-12(14,15)16/h3,5,7H,2,4,6,8H2,1H3. The first kappa shape index (κ1) is 16.7. The lowest BCUT2D eigenvalue weighted by Gasteiger charge is -2.07. The number of nitrogens with zero attached hydrogens (tertiary/aromatic N) is 2. The largest absolute Gasteiger partial charge is 0.501 e. The fraction of sp³-hybridized carbons (Fsp3) is 0.500. The topological polar surface area (TPSA) is 44.2 Å². The second-order valence-electron chi connectivity index (χ2n) is 3.73. The molecular formula is C12H14ClF3N2O2. The Morgan fingerprint density at radius 2 is 2.10 bits per heavy atom. The van der Waals surface area contributed by atoms with Crippen LogP contribution in [0, 0.1) is 0 Å². The maximum Gasteiger partial charge on any atom is 0.411 e. The highest BCUT2D eigenvalue weighted by atomic mass is 35.5. The average Bonchev–Trinajstić information content (AvgIpc) is 2.33. The highest BCUT2D eigenvalue weighted by molar-refractivity contribution is 6.28. The van der Waals surface area contributed by atoms with Crippen LogP contribution in [0.3, 0.4) is 0 Å². The van der Waals surface area contributed by atoms with Crippen molar-refractivity contribution in [3.63, 3.8) is 0 Å². The predicted octanol–water partition coefficient (Wildman–Crippen LogP) is 3.26. The number of rotatable bonds is 7. The molecule has 0 saturated carbocycles. The summed E-state index contributed by atoms with van der Waals surface area (Å²) >= 11 is 5.73. The minimum Gasteiger partial charge on any atom is -0.501 e. The van der Waals surface area contributed by atoms with Gasteiger partial charge < -0.3 is 9.47 Å². The Labute approximate surface area is 119 Å². The van der Waals surface area contributed by atoms with E-state index < -0.39 is 12.8 Å². The van der Waals surface area contributed by atoms with Gasteiger partial charge in [-0.25, -0.2) is 9.97 Å². The van der Waals surface area contributed by atoms with E-state index in [0.717, 1.165) is 0 Å². The Morgan fingerprint density at radius 1 is 1.35 bits per heavy atom. The first-order chi connectivity index (χ1) is 9.40. The molecule has 0 spiro atoms. The molecule has 1 heterocycles. The van der Waals surface area contributed by atoms with Crippen LogP contribution in [0.2, 0.25) is 5.28 Å². The van der Waals surface area contributed by atoms with Crippen LogP contribution >= 0.6 is 11.6 Å². The minimum atomic E-state index is -4.32. The van der Waals surface area contributed by atoms with E-state index in [4.69, 9.17) is 16.3 Å². The zero-order valence-corrected chi connectivity index (χ0v) is 11.5. The van der Waals surface area contributed by atoms with E-state index in [-0.39, 0.29) is 18.3 Å². The van der Waals surface area contributed by atoms with Gasteiger partial charge in [0.2, 0.25) is 5.28 Å². The molecule has 112 valence electrons. The third-order valence-corrected chi connectivity index (χ3v) is 2.21. The predicted molar refractivity (Wildman–Crippen MR) is 68.3 cm³/mol. The highest BCUT2D eigenvalue weighted by Crippen LogP contribution is 2.15. The van der Waals surface area contributed by atoms with Crippen LogP contribution in [-0.2, 0) is 15.9 Å². The second kappa shape index (κ2) is 8.06. The van der Waals surface area contributed by atoms with Crippen LogP contribution in [0.15, 0.2) is 12.3 Å². The first-order valence-electron chi connectivity index (χ1n) is 5.87. The summed E-state index contributed by atoms with van der Waals surface area (Å²) in [6.07, 6.45) is -1.05. The molecular weight excluding hydrogens is 297 g/mol. The van der Waals surface area contributed by atoms with Gasteiger partial charge in [0, 0.05) is 12.1 Å². The average molecular weight is 311 g/mol. The van der Waals surface area contributed by atoms with E-state index in [1.54, 1.807) is 12.1 Å². The number of alkyl halides is 3. The van der Waals surface area contributed by atoms with Crippen molar-refractivity contribution in [3.8, 4) is 0 Å². The Hall–Kier alpha value is -1.34. The van der Waals surface area contributed by atoms with E-state index >= 15 is 0 Å². The molecule has 0 saturated heterocycles. The number of hydrogen-bond acceptors (Lipinski definition) is 4. The Morgan fingerprint density at radius 3 is 2.75 bits per heavy atom. The minimum absolute atomic E-state index is 0.0227. The summed E-state index contributed by atoms with van der Waals surface area (Å²) in [7, 11) is 0. The molecule has 0 N–H and O–H groups in total. The molecule has 0 unspecified atom stereocenters. The van der Waals surface area contributed by atoms with E-state index in [2.05, 4.69) is 14.7 Å². The molecule has 1 aromatic rings.